The van der Waals surface area contributed by atoms with E-state index in [-0.39, 0.29) is 5.91 Å². The lowest BCUT2D eigenvalue weighted by Crippen LogP contribution is -2.07. The van der Waals surface area contributed by atoms with Gasteiger partial charge < -0.3 is 4.42 Å². The van der Waals surface area contributed by atoms with Gasteiger partial charge in [-0.25, -0.2) is 9.78 Å². The molecule has 6 nitrogen and oxygen atoms in total. The van der Waals surface area contributed by atoms with Crippen LogP contribution in [0.3, 0.4) is 0 Å². The standard InChI is InChI=1S/C19H13N3O3S/c23-17(9-6-12-4-2-1-3-5-12)22-18-20-15(11-26-18)13-7-8-14-16(10-13)25-19(24)21-14/h1-11H,(H,21,24)(H,20,22,23)/b9-6+. The molecule has 0 saturated carbocycles. The second kappa shape index (κ2) is 6.81. The summed E-state index contributed by atoms with van der Waals surface area (Å²) in [5.41, 5.74) is 3.55. The molecule has 2 N–H and O–H groups in total. The molecule has 1 amide bonds. The van der Waals surface area contributed by atoms with Crippen LogP contribution in [0.15, 0.2) is 69.2 Å². The lowest BCUT2D eigenvalue weighted by Gasteiger charge is -1.97. The number of carbonyl (C=O) groups excluding carboxylic acids is 1. The summed E-state index contributed by atoms with van der Waals surface area (Å²) in [6.45, 7) is 0. The maximum atomic E-state index is 12.0. The largest absolute Gasteiger partial charge is 0.417 e. The van der Waals surface area contributed by atoms with E-state index in [0.29, 0.717) is 21.9 Å². The normalized spacial score (nSPS) is 11.2. The number of benzene rings is 2. The molecule has 2 heterocycles. The third-order valence-electron chi connectivity index (χ3n) is 3.68. The first-order valence-electron chi connectivity index (χ1n) is 7.80. The number of aromatic nitrogens is 2. The average molecular weight is 363 g/mol. The number of anilines is 1. The lowest BCUT2D eigenvalue weighted by molar-refractivity contribution is -0.111. The van der Waals surface area contributed by atoms with E-state index in [9.17, 15) is 9.59 Å². The summed E-state index contributed by atoms with van der Waals surface area (Å²) < 4.78 is 5.06. The van der Waals surface area contributed by atoms with Gasteiger partial charge in [0.2, 0.25) is 5.91 Å². The summed E-state index contributed by atoms with van der Waals surface area (Å²) in [4.78, 5) is 30.3. The van der Waals surface area contributed by atoms with Gasteiger partial charge in [0.1, 0.15) is 0 Å². The van der Waals surface area contributed by atoms with Crippen LogP contribution in [0.2, 0.25) is 0 Å². The fraction of sp³-hybridized carbons (Fsp3) is 0. The van der Waals surface area contributed by atoms with Crippen molar-refractivity contribution < 1.29 is 9.21 Å². The number of hydrogen-bond acceptors (Lipinski definition) is 5. The third kappa shape index (κ3) is 3.47. The highest BCUT2D eigenvalue weighted by Gasteiger charge is 2.09. The Hall–Kier alpha value is -3.45. The Morgan fingerprint density at radius 1 is 1.19 bits per heavy atom. The highest BCUT2D eigenvalue weighted by molar-refractivity contribution is 7.14. The van der Waals surface area contributed by atoms with Gasteiger partial charge in [-0.1, -0.05) is 36.4 Å². The van der Waals surface area contributed by atoms with Crippen LogP contribution in [0.4, 0.5) is 5.13 Å². The third-order valence-corrected chi connectivity index (χ3v) is 4.44. The quantitative estimate of drug-likeness (QED) is 0.538. The van der Waals surface area contributed by atoms with Gasteiger partial charge >= 0.3 is 5.76 Å². The van der Waals surface area contributed by atoms with Gasteiger partial charge in [0.15, 0.2) is 10.7 Å². The summed E-state index contributed by atoms with van der Waals surface area (Å²) in [6, 6.07) is 14.9. The Balaban J connectivity index is 1.49. The number of H-pyrrole nitrogens is 1. The minimum atomic E-state index is -0.492. The van der Waals surface area contributed by atoms with Crippen LogP contribution in [-0.2, 0) is 4.79 Å². The van der Waals surface area contributed by atoms with Crippen LogP contribution in [-0.4, -0.2) is 15.9 Å². The summed E-state index contributed by atoms with van der Waals surface area (Å²) in [5, 5.41) is 5.08. The van der Waals surface area contributed by atoms with Gasteiger partial charge in [-0.05, 0) is 23.8 Å². The maximum Gasteiger partial charge on any atom is 0.417 e. The van der Waals surface area contributed by atoms with Crippen LogP contribution in [0.25, 0.3) is 28.4 Å². The van der Waals surface area contributed by atoms with Crippen molar-refractivity contribution in [3.8, 4) is 11.3 Å². The first kappa shape index (κ1) is 16.0. The second-order valence-corrected chi connectivity index (χ2v) is 6.35. The molecule has 0 atom stereocenters. The van der Waals surface area contributed by atoms with Crippen LogP contribution in [0.5, 0.6) is 0 Å². The van der Waals surface area contributed by atoms with Gasteiger partial charge in [0.05, 0.1) is 11.2 Å². The molecular weight excluding hydrogens is 350 g/mol. The van der Waals surface area contributed by atoms with Gasteiger partial charge in [-0.3, -0.25) is 15.1 Å². The van der Waals surface area contributed by atoms with Gasteiger partial charge in [0.25, 0.3) is 0 Å². The monoisotopic (exact) mass is 363 g/mol. The van der Waals surface area contributed by atoms with E-state index in [2.05, 4.69) is 15.3 Å². The summed E-state index contributed by atoms with van der Waals surface area (Å²) in [7, 11) is 0. The van der Waals surface area contributed by atoms with Crippen molar-refractivity contribution in [3.63, 3.8) is 0 Å². The number of fused-ring (bicyclic) bond motifs is 1. The molecule has 7 heteroatoms. The highest BCUT2D eigenvalue weighted by atomic mass is 32.1. The number of aromatic amines is 1. The molecule has 0 saturated heterocycles. The number of oxazole rings is 1. The van der Waals surface area contributed by atoms with Crippen LogP contribution in [0, 0.1) is 0 Å². The van der Waals surface area contributed by atoms with Crippen molar-refractivity contribution in [1.29, 1.82) is 0 Å². The van der Waals surface area contributed by atoms with Crippen molar-refractivity contribution in [2.24, 2.45) is 0 Å². The fourth-order valence-corrected chi connectivity index (χ4v) is 3.17. The van der Waals surface area contributed by atoms with E-state index < -0.39 is 5.76 Å². The maximum absolute atomic E-state index is 12.0. The van der Waals surface area contributed by atoms with E-state index >= 15 is 0 Å². The molecule has 4 rings (SSSR count). The molecule has 26 heavy (non-hydrogen) atoms. The Morgan fingerprint density at radius 2 is 2.04 bits per heavy atom. The molecule has 4 aromatic rings. The number of hydrogen-bond donors (Lipinski definition) is 2. The zero-order valence-corrected chi connectivity index (χ0v) is 14.2. The smallest absolute Gasteiger partial charge is 0.408 e. The highest BCUT2D eigenvalue weighted by Crippen LogP contribution is 2.27. The van der Waals surface area contributed by atoms with Crippen molar-refractivity contribution in [1.82, 2.24) is 9.97 Å². The van der Waals surface area contributed by atoms with Crippen molar-refractivity contribution in [2.45, 2.75) is 0 Å². The molecule has 0 radical (unpaired) electrons. The minimum absolute atomic E-state index is 0.248. The van der Waals surface area contributed by atoms with Crippen molar-refractivity contribution in [3.05, 3.63) is 76.1 Å². The molecule has 0 unspecified atom stereocenters. The lowest BCUT2D eigenvalue weighted by atomic mass is 10.1. The number of thiazole rings is 1. The van der Waals surface area contributed by atoms with E-state index in [1.807, 2.05) is 41.8 Å². The molecule has 2 aromatic heterocycles. The molecule has 128 valence electrons. The number of rotatable bonds is 4. The van der Waals surface area contributed by atoms with Gasteiger partial charge in [0, 0.05) is 17.0 Å². The van der Waals surface area contributed by atoms with E-state index in [1.165, 1.54) is 17.4 Å². The zero-order chi connectivity index (χ0) is 17.9. The summed E-state index contributed by atoms with van der Waals surface area (Å²) in [5.74, 6) is -0.740. The average Bonchev–Trinajstić information content (AvgIpc) is 3.25. The van der Waals surface area contributed by atoms with E-state index in [4.69, 9.17) is 4.42 Å². The minimum Gasteiger partial charge on any atom is -0.408 e. The molecule has 0 aliphatic carbocycles. The molecule has 0 aliphatic heterocycles. The molecule has 0 aliphatic rings. The number of nitrogens with one attached hydrogen (secondary N) is 2. The Labute approximate surface area is 151 Å². The molecule has 0 spiro atoms. The fourth-order valence-electron chi connectivity index (χ4n) is 2.45. The summed E-state index contributed by atoms with van der Waals surface area (Å²) in [6.07, 6.45) is 3.21. The summed E-state index contributed by atoms with van der Waals surface area (Å²) >= 11 is 1.33. The first-order chi connectivity index (χ1) is 12.7. The zero-order valence-electron chi connectivity index (χ0n) is 13.4. The Kier molecular flexibility index (Phi) is 4.20. The molecule has 0 fully saturated rings. The number of amides is 1. The number of nitrogens with zero attached hydrogens (tertiary/aromatic N) is 1. The van der Waals surface area contributed by atoms with Gasteiger partial charge in [-0.15, -0.1) is 11.3 Å². The molecular formula is C19H13N3O3S. The second-order valence-electron chi connectivity index (χ2n) is 5.50. The first-order valence-corrected chi connectivity index (χ1v) is 8.68. The van der Waals surface area contributed by atoms with Gasteiger partial charge in [-0.2, -0.15) is 0 Å². The predicted molar refractivity (Wildman–Crippen MR) is 102 cm³/mol. The van der Waals surface area contributed by atoms with Crippen molar-refractivity contribution >= 4 is 39.6 Å². The Bertz CT molecular complexity index is 1160. The van der Waals surface area contributed by atoms with Crippen LogP contribution >= 0.6 is 11.3 Å². The van der Waals surface area contributed by atoms with Crippen LogP contribution in [0.1, 0.15) is 5.56 Å². The van der Waals surface area contributed by atoms with E-state index in [0.717, 1.165) is 11.1 Å². The topological polar surface area (TPSA) is 88.0 Å². The molecule has 0 bridgehead atoms. The van der Waals surface area contributed by atoms with Crippen LogP contribution < -0.4 is 11.1 Å². The predicted octanol–water partition coefficient (Wildman–Crippen LogP) is 3.90. The SMILES string of the molecule is O=C(/C=C/c1ccccc1)Nc1nc(-c2ccc3[nH]c(=O)oc3c2)cs1. The molecule has 2 aromatic carbocycles. The Morgan fingerprint density at radius 3 is 2.88 bits per heavy atom. The van der Waals surface area contributed by atoms with Crippen molar-refractivity contribution in [2.75, 3.05) is 5.32 Å². The van der Waals surface area contributed by atoms with E-state index in [1.54, 1.807) is 18.2 Å². The number of carbonyl (C=O) groups is 1.